The van der Waals surface area contributed by atoms with E-state index in [1.54, 1.807) is 23.5 Å². The quantitative estimate of drug-likeness (QED) is 0.112. The molecule has 285 valence electrons. The van der Waals surface area contributed by atoms with Crippen molar-refractivity contribution in [2.45, 2.75) is 66.5 Å². The normalized spacial score (nSPS) is 13.3. The zero-order valence-corrected chi connectivity index (χ0v) is 37.2. The summed E-state index contributed by atoms with van der Waals surface area (Å²) in [5.74, 6) is 0.320. The molecule has 5 heteroatoms. The number of aromatic nitrogens is 2. The van der Waals surface area contributed by atoms with Gasteiger partial charge in [0.25, 0.3) is 0 Å². The Bertz CT molecular complexity index is 2770. The first-order chi connectivity index (χ1) is 28.4. The van der Waals surface area contributed by atoms with Crippen LogP contribution in [-0.2, 0) is 26.5 Å². The van der Waals surface area contributed by atoms with Gasteiger partial charge in [-0.05, 0) is 74.5 Å². The van der Waals surface area contributed by atoms with Crippen LogP contribution in [0.15, 0.2) is 134 Å². The van der Waals surface area contributed by atoms with Crippen LogP contribution in [-0.4, -0.2) is 18.0 Å². The van der Waals surface area contributed by atoms with Gasteiger partial charge in [-0.15, -0.1) is 59.2 Å². The Morgan fingerprint density at radius 3 is 2.18 bits per heavy atom. The molecular formula is C51H50IrN2SSi-2. The fourth-order valence-electron chi connectivity index (χ4n) is 6.83. The van der Waals surface area contributed by atoms with E-state index in [9.17, 15) is 0 Å². The van der Waals surface area contributed by atoms with Crippen molar-refractivity contribution in [3.63, 3.8) is 0 Å². The second-order valence-corrected chi connectivity index (χ2v) is 21.7. The van der Waals surface area contributed by atoms with E-state index in [1.807, 2.05) is 80.8 Å². The van der Waals surface area contributed by atoms with E-state index in [1.165, 1.54) is 25.7 Å². The molecule has 0 aliphatic rings. The molecule has 3 heterocycles. The van der Waals surface area contributed by atoms with Crippen LogP contribution in [0.1, 0.15) is 57.2 Å². The van der Waals surface area contributed by atoms with Gasteiger partial charge in [0.2, 0.25) is 0 Å². The summed E-state index contributed by atoms with van der Waals surface area (Å²) >= 11 is 1.75. The SMILES string of the molecule is [2H]C([2H])([2H])c1ccc(-c2cccc3c2sc2c(-c4cc(C(C)C)ccn4)[c-]ccc23)cc1.[2H]C([2H])(c1cc(-c2[c-]ccc(-c3ccccc3)c2)ncc1[Si](C)(C)C)C(C)C.[Ir]. The number of hydrogen-bond acceptors (Lipinski definition) is 3. The second-order valence-electron chi connectivity index (χ2n) is 15.6. The maximum absolute atomic E-state index is 8.73. The second kappa shape index (κ2) is 17.7. The Kier molecular flexibility index (Phi) is 11.0. The molecule has 0 fully saturated rings. The average molecular weight is 948 g/mol. The van der Waals surface area contributed by atoms with Gasteiger partial charge in [0, 0.05) is 44.1 Å². The number of hydrogen-bond donors (Lipinski definition) is 0. The van der Waals surface area contributed by atoms with Crippen LogP contribution in [0, 0.1) is 24.9 Å². The monoisotopic (exact) mass is 948 g/mol. The summed E-state index contributed by atoms with van der Waals surface area (Å²) in [7, 11) is -1.73. The van der Waals surface area contributed by atoms with Crippen molar-refractivity contribution < 1.29 is 27.0 Å². The molecule has 0 saturated heterocycles. The molecule has 2 nitrogen and oxygen atoms in total. The van der Waals surface area contributed by atoms with Gasteiger partial charge < -0.3 is 9.97 Å². The van der Waals surface area contributed by atoms with Crippen molar-refractivity contribution in [3.05, 3.63) is 163 Å². The number of nitrogens with zero attached hydrogens (tertiary/aromatic N) is 2. The molecule has 3 aromatic heterocycles. The standard InChI is InChI=1S/C27H22NS.C24H28NSi.Ir/c1-17(2)20-14-15-28-25(16-20)24-9-5-8-23-22-7-4-6-21(26(22)29-27(23)24)19-12-10-18(3)11-13-19;1-18(2)14-22-16-23(25-17-24(22)26(3,4)5)21-13-9-12-20(15-21)19-10-7-6-8-11-19;/h4-8,10-17H,1-3H3;6-12,15-18H,14H2,1-5H3;/q2*-1;/i3D3;14D2;. The number of thiophene rings is 1. The molecular weight excluding hydrogens is 893 g/mol. The van der Waals surface area contributed by atoms with Crippen LogP contribution in [0.25, 0.3) is 64.9 Å². The van der Waals surface area contributed by atoms with E-state index in [0.717, 1.165) is 55.5 Å². The summed E-state index contributed by atoms with van der Waals surface area (Å²) in [5.41, 5.74) is 10.4. The minimum Gasteiger partial charge on any atom is -0.305 e. The largest absolute Gasteiger partial charge is 0.305 e. The summed E-state index contributed by atoms with van der Waals surface area (Å²) in [6.45, 7) is 12.9. The van der Waals surface area contributed by atoms with Gasteiger partial charge in [-0.3, -0.25) is 0 Å². The summed E-state index contributed by atoms with van der Waals surface area (Å²) in [5, 5.41) is 3.48. The van der Waals surface area contributed by atoms with Gasteiger partial charge >= 0.3 is 0 Å². The molecule has 8 rings (SSSR count). The predicted octanol–water partition coefficient (Wildman–Crippen LogP) is 14.0. The maximum Gasteiger partial charge on any atom is 0.0798 e. The molecule has 1 radical (unpaired) electrons. The van der Waals surface area contributed by atoms with E-state index in [2.05, 4.69) is 105 Å². The number of aryl methyl sites for hydroxylation is 1. The Morgan fingerprint density at radius 2 is 1.46 bits per heavy atom. The Labute approximate surface area is 359 Å². The summed E-state index contributed by atoms with van der Waals surface area (Å²) < 4.78 is 42.7. The van der Waals surface area contributed by atoms with Crippen molar-refractivity contribution in [2.75, 3.05) is 0 Å². The third-order valence-corrected chi connectivity index (χ3v) is 13.0. The van der Waals surface area contributed by atoms with E-state index in [0.29, 0.717) is 11.5 Å². The maximum atomic E-state index is 8.73. The third kappa shape index (κ3) is 9.19. The van der Waals surface area contributed by atoms with Gasteiger partial charge in [0.05, 0.1) is 8.07 Å². The number of benzene rings is 5. The first-order valence-corrected chi connectivity index (χ1v) is 23.3. The topological polar surface area (TPSA) is 25.8 Å². The molecule has 0 aliphatic carbocycles. The van der Waals surface area contributed by atoms with E-state index in [-0.39, 0.29) is 26.0 Å². The molecule has 56 heavy (non-hydrogen) atoms. The van der Waals surface area contributed by atoms with Crippen molar-refractivity contribution >= 4 is 44.8 Å². The first-order valence-electron chi connectivity index (χ1n) is 21.4. The average Bonchev–Trinajstić information content (AvgIpc) is 3.63. The summed E-state index contributed by atoms with van der Waals surface area (Å²) in [4.78, 5) is 9.37. The van der Waals surface area contributed by atoms with Gasteiger partial charge in [0.1, 0.15) is 0 Å². The molecule has 0 amide bonds. The molecule has 5 aromatic carbocycles. The van der Waals surface area contributed by atoms with Gasteiger partial charge in [-0.1, -0.05) is 154 Å². The molecule has 0 spiro atoms. The van der Waals surface area contributed by atoms with Crippen LogP contribution in [0.4, 0.5) is 0 Å². The van der Waals surface area contributed by atoms with Crippen LogP contribution in [0.2, 0.25) is 19.6 Å². The van der Waals surface area contributed by atoms with Crippen LogP contribution in [0.3, 0.4) is 0 Å². The fraction of sp³-hybridized carbons (Fsp3) is 0.216. The molecule has 0 atom stereocenters. The van der Waals surface area contributed by atoms with E-state index >= 15 is 0 Å². The van der Waals surface area contributed by atoms with Crippen molar-refractivity contribution in [1.29, 1.82) is 0 Å². The zero-order chi connectivity index (χ0) is 43.0. The zero-order valence-electron chi connectivity index (χ0n) is 38.0. The molecule has 0 aliphatic heterocycles. The minimum absolute atomic E-state index is 0. The smallest absolute Gasteiger partial charge is 0.0798 e. The van der Waals surface area contributed by atoms with E-state index in [4.69, 9.17) is 11.8 Å². The Balaban J connectivity index is 0.000000203. The van der Waals surface area contributed by atoms with E-state index < -0.39 is 21.3 Å². The molecule has 0 bridgehead atoms. The third-order valence-electron chi connectivity index (χ3n) is 9.70. The van der Waals surface area contributed by atoms with Gasteiger partial charge in [-0.25, -0.2) is 0 Å². The number of rotatable bonds is 8. The molecule has 0 saturated carbocycles. The number of fused-ring (bicyclic) bond motifs is 3. The van der Waals surface area contributed by atoms with Crippen molar-refractivity contribution in [2.24, 2.45) is 5.92 Å². The summed E-state index contributed by atoms with van der Waals surface area (Å²) in [6.07, 6.45) is 2.38. The first kappa shape index (κ1) is 34.7. The summed E-state index contributed by atoms with van der Waals surface area (Å²) in [6, 6.07) is 46.8. The van der Waals surface area contributed by atoms with Gasteiger partial charge in [0.15, 0.2) is 0 Å². The van der Waals surface area contributed by atoms with Crippen molar-refractivity contribution in [3.8, 4) is 44.8 Å². The van der Waals surface area contributed by atoms with Crippen LogP contribution < -0.4 is 5.19 Å². The Hall–Kier alpha value is -4.51. The Morgan fingerprint density at radius 1 is 0.714 bits per heavy atom. The van der Waals surface area contributed by atoms with Crippen LogP contribution >= 0.6 is 11.3 Å². The minimum atomic E-state index is -2.09. The predicted molar refractivity (Wildman–Crippen MR) is 241 cm³/mol. The van der Waals surface area contributed by atoms with Crippen molar-refractivity contribution in [1.82, 2.24) is 9.97 Å². The number of pyridine rings is 2. The fourth-order valence-corrected chi connectivity index (χ4v) is 9.57. The van der Waals surface area contributed by atoms with Gasteiger partial charge in [-0.2, -0.15) is 11.3 Å². The van der Waals surface area contributed by atoms with Crippen LogP contribution in [0.5, 0.6) is 0 Å². The molecule has 8 aromatic rings. The molecule has 0 unspecified atom stereocenters. The molecule has 0 N–H and O–H groups in total.